The molecule has 5 heteroatoms. The van der Waals surface area contributed by atoms with Gasteiger partial charge in [0.1, 0.15) is 5.82 Å². The lowest BCUT2D eigenvalue weighted by Gasteiger charge is -2.23. The van der Waals surface area contributed by atoms with Crippen molar-refractivity contribution in [2.24, 2.45) is 0 Å². The van der Waals surface area contributed by atoms with Crippen LogP contribution in [0.3, 0.4) is 0 Å². The standard InChI is InChI=1S/C24H25N3O2/c1-4-16-6-10-18(11-7-16)23(29)20-14-21(28)25-24-22(20)15(3)26-27(24)19-12-8-17(5-2)9-13-19/h6-13,20H,4-5,14H2,1-3H3,(H,25,28). The van der Waals surface area contributed by atoms with Crippen LogP contribution in [0, 0.1) is 6.92 Å². The summed E-state index contributed by atoms with van der Waals surface area (Å²) >= 11 is 0. The molecule has 1 aliphatic heterocycles. The van der Waals surface area contributed by atoms with Crippen LogP contribution in [0.4, 0.5) is 5.82 Å². The SMILES string of the molecule is CCc1ccc(C(=O)C2CC(=O)Nc3c2c(C)nn3-c2ccc(CC)cc2)cc1. The Bertz CT molecular complexity index is 1060. The van der Waals surface area contributed by atoms with Gasteiger partial charge in [-0.05, 0) is 43.0 Å². The fourth-order valence-electron chi connectivity index (χ4n) is 3.94. The summed E-state index contributed by atoms with van der Waals surface area (Å²) in [7, 11) is 0. The molecule has 1 aromatic heterocycles. The first-order valence-electron chi connectivity index (χ1n) is 10.1. The fourth-order valence-corrected chi connectivity index (χ4v) is 3.94. The third-order valence-corrected chi connectivity index (χ3v) is 5.65. The van der Waals surface area contributed by atoms with Crippen LogP contribution in [0.15, 0.2) is 48.5 Å². The highest BCUT2D eigenvalue weighted by molar-refractivity contribution is 6.08. The third-order valence-electron chi connectivity index (χ3n) is 5.65. The molecule has 148 valence electrons. The minimum absolute atomic E-state index is 0.0345. The molecule has 0 bridgehead atoms. The van der Waals surface area contributed by atoms with Crippen molar-refractivity contribution in [3.63, 3.8) is 0 Å². The average Bonchev–Trinajstić information content (AvgIpc) is 3.09. The van der Waals surface area contributed by atoms with Crippen molar-refractivity contribution in [2.75, 3.05) is 5.32 Å². The van der Waals surface area contributed by atoms with Gasteiger partial charge in [0.15, 0.2) is 5.78 Å². The van der Waals surface area contributed by atoms with E-state index >= 15 is 0 Å². The molecule has 0 saturated heterocycles. The Morgan fingerprint density at radius 3 is 2.21 bits per heavy atom. The molecule has 1 aliphatic rings. The maximum Gasteiger partial charge on any atom is 0.226 e. The van der Waals surface area contributed by atoms with Gasteiger partial charge >= 0.3 is 0 Å². The normalized spacial score (nSPS) is 15.7. The Hall–Kier alpha value is -3.21. The largest absolute Gasteiger partial charge is 0.310 e. The van der Waals surface area contributed by atoms with Crippen LogP contribution < -0.4 is 5.32 Å². The Kier molecular flexibility index (Phi) is 5.05. The molecule has 0 aliphatic carbocycles. The van der Waals surface area contributed by atoms with Crippen LogP contribution in [0.25, 0.3) is 5.69 Å². The highest BCUT2D eigenvalue weighted by Crippen LogP contribution is 2.38. The van der Waals surface area contributed by atoms with E-state index in [1.54, 1.807) is 4.68 Å². The Labute approximate surface area is 170 Å². The Morgan fingerprint density at radius 2 is 1.62 bits per heavy atom. The molecule has 5 nitrogen and oxygen atoms in total. The van der Waals surface area contributed by atoms with E-state index in [4.69, 9.17) is 0 Å². The summed E-state index contributed by atoms with van der Waals surface area (Å²) in [4.78, 5) is 25.7. The summed E-state index contributed by atoms with van der Waals surface area (Å²) < 4.78 is 1.74. The maximum absolute atomic E-state index is 13.3. The van der Waals surface area contributed by atoms with Crippen molar-refractivity contribution in [3.05, 3.63) is 76.5 Å². The molecule has 0 radical (unpaired) electrons. The van der Waals surface area contributed by atoms with Gasteiger partial charge < -0.3 is 5.32 Å². The van der Waals surface area contributed by atoms with Crippen LogP contribution >= 0.6 is 0 Å². The number of fused-ring (bicyclic) bond motifs is 1. The van der Waals surface area contributed by atoms with Gasteiger partial charge in [-0.3, -0.25) is 9.59 Å². The number of nitrogens with one attached hydrogen (secondary N) is 1. The number of rotatable bonds is 5. The van der Waals surface area contributed by atoms with Crippen molar-refractivity contribution >= 4 is 17.5 Å². The van der Waals surface area contributed by atoms with Gasteiger partial charge in [-0.25, -0.2) is 4.68 Å². The lowest BCUT2D eigenvalue weighted by molar-refractivity contribution is -0.116. The maximum atomic E-state index is 13.3. The third kappa shape index (κ3) is 3.48. The smallest absolute Gasteiger partial charge is 0.226 e. The van der Waals surface area contributed by atoms with Crippen molar-refractivity contribution in [3.8, 4) is 5.69 Å². The predicted molar refractivity (Wildman–Crippen MR) is 114 cm³/mol. The molecule has 29 heavy (non-hydrogen) atoms. The molecule has 1 amide bonds. The first kappa shape index (κ1) is 19.1. The summed E-state index contributed by atoms with van der Waals surface area (Å²) in [6.45, 7) is 6.09. The number of hydrogen-bond donors (Lipinski definition) is 1. The number of Topliss-reactive ketones (excluding diaryl/α,β-unsaturated/α-hetero) is 1. The van der Waals surface area contributed by atoms with E-state index in [2.05, 4.69) is 36.4 Å². The van der Waals surface area contributed by atoms with Crippen molar-refractivity contribution in [1.82, 2.24) is 9.78 Å². The average molecular weight is 387 g/mol. The zero-order valence-corrected chi connectivity index (χ0v) is 17.0. The van der Waals surface area contributed by atoms with Gasteiger partial charge in [0, 0.05) is 17.5 Å². The summed E-state index contributed by atoms with van der Waals surface area (Å²) in [5.41, 5.74) is 5.50. The molecule has 1 N–H and O–H groups in total. The van der Waals surface area contributed by atoms with E-state index in [-0.39, 0.29) is 18.1 Å². The molecule has 2 aromatic carbocycles. The van der Waals surface area contributed by atoms with Gasteiger partial charge in [0.25, 0.3) is 0 Å². The van der Waals surface area contributed by atoms with Crippen LogP contribution in [0.5, 0.6) is 0 Å². The molecule has 1 atom stereocenters. The summed E-state index contributed by atoms with van der Waals surface area (Å²) in [5.74, 6) is -0.110. The predicted octanol–water partition coefficient (Wildman–Crippen LogP) is 4.61. The second kappa shape index (κ2) is 7.66. The minimum atomic E-state index is -0.519. The van der Waals surface area contributed by atoms with Crippen LogP contribution in [-0.2, 0) is 17.6 Å². The van der Waals surface area contributed by atoms with Gasteiger partial charge in [0.05, 0.1) is 17.3 Å². The van der Waals surface area contributed by atoms with E-state index < -0.39 is 5.92 Å². The minimum Gasteiger partial charge on any atom is -0.310 e. The quantitative estimate of drug-likeness (QED) is 0.650. The monoisotopic (exact) mass is 387 g/mol. The first-order chi connectivity index (χ1) is 14.0. The number of ketones is 1. The molecule has 0 fully saturated rings. The number of aryl methyl sites for hydroxylation is 3. The van der Waals surface area contributed by atoms with E-state index in [1.165, 1.54) is 11.1 Å². The summed E-state index contributed by atoms with van der Waals surface area (Å²) in [5, 5.41) is 7.60. The van der Waals surface area contributed by atoms with E-state index in [1.807, 2.05) is 43.3 Å². The number of carbonyl (C=O) groups is 2. The lowest BCUT2D eigenvalue weighted by atomic mass is 9.85. The second-order valence-electron chi connectivity index (χ2n) is 7.50. The number of aromatic nitrogens is 2. The number of carbonyl (C=O) groups excluding carboxylic acids is 2. The molecular weight excluding hydrogens is 362 g/mol. The molecule has 4 rings (SSSR count). The van der Waals surface area contributed by atoms with Gasteiger partial charge in [0.2, 0.25) is 5.91 Å². The fraction of sp³-hybridized carbons (Fsp3) is 0.292. The topological polar surface area (TPSA) is 64.0 Å². The molecule has 3 aromatic rings. The molecular formula is C24H25N3O2. The van der Waals surface area contributed by atoms with Gasteiger partial charge in [-0.15, -0.1) is 0 Å². The lowest BCUT2D eigenvalue weighted by Crippen LogP contribution is -2.28. The second-order valence-corrected chi connectivity index (χ2v) is 7.50. The van der Waals surface area contributed by atoms with E-state index in [0.717, 1.165) is 29.8 Å². The number of hydrogen-bond acceptors (Lipinski definition) is 3. The number of anilines is 1. The zero-order chi connectivity index (χ0) is 20.5. The zero-order valence-electron chi connectivity index (χ0n) is 17.0. The van der Waals surface area contributed by atoms with E-state index in [9.17, 15) is 9.59 Å². The highest BCUT2D eigenvalue weighted by Gasteiger charge is 2.36. The van der Waals surface area contributed by atoms with Gasteiger partial charge in [-0.2, -0.15) is 5.10 Å². The molecule has 2 heterocycles. The molecule has 1 unspecified atom stereocenters. The van der Waals surface area contributed by atoms with Gasteiger partial charge in [-0.1, -0.05) is 50.2 Å². The van der Waals surface area contributed by atoms with Crippen molar-refractivity contribution in [1.29, 1.82) is 0 Å². The Balaban J connectivity index is 1.75. The van der Waals surface area contributed by atoms with Crippen molar-refractivity contribution < 1.29 is 9.59 Å². The molecule has 0 saturated carbocycles. The van der Waals surface area contributed by atoms with Crippen molar-refractivity contribution in [2.45, 2.75) is 46.0 Å². The molecule has 0 spiro atoms. The van der Waals surface area contributed by atoms with Crippen LogP contribution in [0.2, 0.25) is 0 Å². The van der Waals surface area contributed by atoms with Crippen LogP contribution in [0.1, 0.15) is 58.9 Å². The Morgan fingerprint density at radius 1 is 1.03 bits per heavy atom. The first-order valence-corrected chi connectivity index (χ1v) is 10.1. The number of benzene rings is 2. The number of amides is 1. The summed E-state index contributed by atoms with van der Waals surface area (Å²) in [6, 6.07) is 15.8. The summed E-state index contributed by atoms with van der Waals surface area (Å²) in [6.07, 6.45) is 2.02. The number of nitrogens with zero attached hydrogens (tertiary/aromatic N) is 2. The highest BCUT2D eigenvalue weighted by atomic mass is 16.2. The van der Waals surface area contributed by atoms with Crippen LogP contribution in [-0.4, -0.2) is 21.5 Å². The van der Waals surface area contributed by atoms with E-state index in [0.29, 0.717) is 11.4 Å².